The molecule has 0 radical (unpaired) electrons. The molecule has 28 heavy (non-hydrogen) atoms. The largest absolute Gasteiger partial charge is 0.497 e. The van der Waals surface area contributed by atoms with Crippen LogP contribution in [0.5, 0.6) is 5.75 Å². The van der Waals surface area contributed by atoms with Crippen LogP contribution in [0.4, 0.5) is 15.6 Å². The van der Waals surface area contributed by atoms with E-state index in [9.17, 15) is 9.59 Å². The Hall–Kier alpha value is -3.10. The second kappa shape index (κ2) is 9.20. The molecular formula is C19H17ClN4O3S. The number of carbonyl (C=O) groups is 2. The lowest BCUT2D eigenvalue weighted by molar-refractivity contribution is 0.0946. The number of benzene rings is 2. The van der Waals surface area contributed by atoms with Gasteiger partial charge in [-0.15, -0.1) is 11.3 Å². The van der Waals surface area contributed by atoms with Gasteiger partial charge >= 0.3 is 6.03 Å². The van der Waals surface area contributed by atoms with Gasteiger partial charge in [0.2, 0.25) is 0 Å². The van der Waals surface area contributed by atoms with Crippen molar-refractivity contribution in [1.82, 2.24) is 10.3 Å². The first-order valence-corrected chi connectivity index (χ1v) is 9.49. The summed E-state index contributed by atoms with van der Waals surface area (Å²) in [6.07, 6.45) is 0. The molecule has 0 aliphatic heterocycles. The zero-order valence-corrected chi connectivity index (χ0v) is 16.4. The van der Waals surface area contributed by atoms with Gasteiger partial charge in [0.25, 0.3) is 5.91 Å². The first-order chi connectivity index (χ1) is 13.5. The molecule has 0 saturated heterocycles. The summed E-state index contributed by atoms with van der Waals surface area (Å²) in [5, 5.41) is 10.5. The van der Waals surface area contributed by atoms with E-state index >= 15 is 0 Å². The van der Waals surface area contributed by atoms with E-state index in [-0.39, 0.29) is 11.6 Å². The molecule has 2 aromatic carbocycles. The van der Waals surface area contributed by atoms with Crippen LogP contribution in [0.2, 0.25) is 5.02 Å². The van der Waals surface area contributed by atoms with Gasteiger partial charge in [0, 0.05) is 22.6 Å². The van der Waals surface area contributed by atoms with Crippen LogP contribution in [0.3, 0.4) is 0 Å². The lowest BCUT2D eigenvalue weighted by atomic mass is 10.2. The maximum atomic E-state index is 12.2. The highest BCUT2D eigenvalue weighted by atomic mass is 35.5. The van der Waals surface area contributed by atoms with Crippen molar-refractivity contribution < 1.29 is 14.3 Å². The van der Waals surface area contributed by atoms with Gasteiger partial charge in [0.15, 0.2) is 5.13 Å². The van der Waals surface area contributed by atoms with Crippen LogP contribution < -0.4 is 20.7 Å². The summed E-state index contributed by atoms with van der Waals surface area (Å²) < 4.78 is 5.10. The number of hydrogen-bond donors (Lipinski definition) is 3. The topological polar surface area (TPSA) is 92.4 Å². The van der Waals surface area contributed by atoms with Crippen LogP contribution in [0.25, 0.3) is 0 Å². The smallest absolute Gasteiger partial charge is 0.325 e. The Kier molecular flexibility index (Phi) is 6.46. The molecule has 144 valence electrons. The summed E-state index contributed by atoms with van der Waals surface area (Å²) in [5.74, 6) is 0.431. The Morgan fingerprint density at radius 3 is 2.46 bits per heavy atom. The lowest BCUT2D eigenvalue weighted by Crippen LogP contribution is -2.23. The van der Waals surface area contributed by atoms with Gasteiger partial charge in [0.05, 0.1) is 7.11 Å². The van der Waals surface area contributed by atoms with Gasteiger partial charge in [0.1, 0.15) is 11.4 Å². The first kappa shape index (κ1) is 19.7. The number of amides is 3. The number of ether oxygens (including phenoxy) is 1. The summed E-state index contributed by atoms with van der Waals surface area (Å²) in [5.41, 5.74) is 1.77. The lowest BCUT2D eigenvalue weighted by Gasteiger charge is -2.06. The Morgan fingerprint density at radius 1 is 1.07 bits per heavy atom. The molecule has 3 N–H and O–H groups in total. The molecule has 0 aliphatic rings. The predicted octanol–water partition coefficient (Wildman–Crippen LogP) is 4.38. The summed E-state index contributed by atoms with van der Waals surface area (Å²) in [4.78, 5) is 28.4. The van der Waals surface area contributed by atoms with E-state index in [1.165, 1.54) is 0 Å². The SMILES string of the molecule is COc1ccc(CNC(=O)c2csc(NC(=O)Nc3ccc(Cl)cc3)n2)cc1. The third-order valence-corrected chi connectivity index (χ3v) is 4.68. The standard InChI is InChI=1S/C19H17ClN4O3S/c1-27-15-8-2-12(3-9-15)10-21-17(25)16-11-28-19(23-16)24-18(26)22-14-6-4-13(20)5-7-14/h2-9,11H,10H2,1H3,(H,21,25)(H2,22,23,24,26). The molecule has 0 bridgehead atoms. The Morgan fingerprint density at radius 2 is 1.79 bits per heavy atom. The summed E-state index contributed by atoms with van der Waals surface area (Å²) >= 11 is 6.97. The van der Waals surface area contributed by atoms with Gasteiger partial charge in [-0.2, -0.15) is 0 Å². The summed E-state index contributed by atoms with van der Waals surface area (Å²) in [6, 6.07) is 13.6. The van der Waals surface area contributed by atoms with Gasteiger partial charge in [-0.1, -0.05) is 23.7 Å². The number of halogens is 1. The number of nitrogens with one attached hydrogen (secondary N) is 3. The van der Waals surface area contributed by atoms with Crippen molar-refractivity contribution in [2.24, 2.45) is 0 Å². The molecule has 7 nitrogen and oxygen atoms in total. The second-order valence-corrected chi connectivity index (χ2v) is 6.95. The van der Waals surface area contributed by atoms with Crippen LogP contribution in [0.15, 0.2) is 53.9 Å². The molecule has 0 spiro atoms. The zero-order chi connectivity index (χ0) is 19.9. The molecule has 1 aromatic heterocycles. The van der Waals surface area contributed by atoms with E-state index in [1.54, 1.807) is 36.8 Å². The van der Waals surface area contributed by atoms with Crippen LogP contribution in [0.1, 0.15) is 16.1 Å². The second-order valence-electron chi connectivity index (χ2n) is 5.65. The molecule has 0 unspecified atom stereocenters. The molecular weight excluding hydrogens is 400 g/mol. The highest BCUT2D eigenvalue weighted by Crippen LogP contribution is 2.17. The number of urea groups is 1. The van der Waals surface area contributed by atoms with E-state index in [2.05, 4.69) is 20.9 Å². The molecule has 0 atom stereocenters. The van der Waals surface area contributed by atoms with E-state index < -0.39 is 6.03 Å². The van der Waals surface area contributed by atoms with Crippen LogP contribution >= 0.6 is 22.9 Å². The highest BCUT2D eigenvalue weighted by Gasteiger charge is 2.12. The average molecular weight is 417 g/mol. The Labute approximate surface area is 170 Å². The van der Waals surface area contributed by atoms with Crippen molar-refractivity contribution in [3.63, 3.8) is 0 Å². The third-order valence-electron chi connectivity index (χ3n) is 3.67. The van der Waals surface area contributed by atoms with Crippen LogP contribution in [0, 0.1) is 0 Å². The van der Waals surface area contributed by atoms with Gasteiger partial charge in [-0.25, -0.2) is 9.78 Å². The van der Waals surface area contributed by atoms with Crippen molar-refractivity contribution in [3.8, 4) is 5.75 Å². The highest BCUT2D eigenvalue weighted by molar-refractivity contribution is 7.14. The number of carbonyl (C=O) groups excluding carboxylic acids is 2. The normalized spacial score (nSPS) is 10.2. The number of nitrogens with zero attached hydrogens (tertiary/aromatic N) is 1. The summed E-state index contributed by atoms with van der Waals surface area (Å²) in [6.45, 7) is 0.361. The minimum Gasteiger partial charge on any atom is -0.497 e. The molecule has 3 aromatic rings. The number of thiazole rings is 1. The van der Waals surface area contributed by atoms with Gasteiger partial charge < -0.3 is 15.4 Å². The van der Waals surface area contributed by atoms with Crippen molar-refractivity contribution in [2.75, 3.05) is 17.7 Å². The molecule has 3 rings (SSSR count). The van der Waals surface area contributed by atoms with E-state index in [1.807, 2.05) is 24.3 Å². The van der Waals surface area contributed by atoms with Crippen molar-refractivity contribution >= 4 is 45.7 Å². The number of hydrogen-bond acceptors (Lipinski definition) is 5. The van der Waals surface area contributed by atoms with Crippen LogP contribution in [-0.2, 0) is 6.54 Å². The van der Waals surface area contributed by atoms with E-state index in [4.69, 9.17) is 16.3 Å². The monoisotopic (exact) mass is 416 g/mol. The number of methoxy groups -OCH3 is 1. The maximum absolute atomic E-state index is 12.2. The van der Waals surface area contributed by atoms with E-state index in [0.29, 0.717) is 22.4 Å². The predicted molar refractivity (Wildman–Crippen MR) is 110 cm³/mol. The fourth-order valence-electron chi connectivity index (χ4n) is 2.24. The number of rotatable bonds is 6. The van der Waals surface area contributed by atoms with Crippen LogP contribution in [-0.4, -0.2) is 24.0 Å². The zero-order valence-electron chi connectivity index (χ0n) is 14.9. The average Bonchev–Trinajstić information content (AvgIpc) is 3.16. The minimum absolute atomic E-state index is 0.236. The van der Waals surface area contributed by atoms with Gasteiger partial charge in [-0.3, -0.25) is 10.1 Å². The molecule has 0 fully saturated rings. The molecule has 3 amide bonds. The molecule has 0 saturated carbocycles. The van der Waals surface area contributed by atoms with Crippen molar-refractivity contribution in [2.45, 2.75) is 6.54 Å². The molecule has 9 heteroatoms. The fraction of sp³-hybridized carbons (Fsp3) is 0.105. The number of aromatic nitrogens is 1. The molecule has 0 aliphatic carbocycles. The quantitative estimate of drug-likeness (QED) is 0.556. The number of anilines is 2. The third kappa shape index (κ3) is 5.45. The van der Waals surface area contributed by atoms with E-state index in [0.717, 1.165) is 22.6 Å². The minimum atomic E-state index is -0.457. The first-order valence-electron chi connectivity index (χ1n) is 8.24. The van der Waals surface area contributed by atoms with Crippen molar-refractivity contribution in [3.05, 3.63) is 70.2 Å². The van der Waals surface area contributed by atoms with Crippen molar-refractivity contribution in [1.29, 1.82) is 0 Å². The fourth-order valence-corrected chi connectivity index (χ4v) is 3.06. The Balaban J connectivity index is 1.51. The summed E-state index contributed by atoms with van der Waals surface area (Å²) in [7, 11) is 1.60. The Bertz CT molecular complexity index is 958. The van der Waals surface area contributed by atoms with Gasteiger partial charge in [-0.05, 0) is 42.0 Å². The molecule has 1 heterocycles. The maximum Gasteiger partial charge on any atom is 0.325 e.